The Balaban J connectivity index is 2.09. The number of aromatic hydroxyl groups is 1. The molecule has 0 atom stereocenters. The maximum atomic E-state index is 12.1. The average molecular weight is 378 g/mol. The summed E-state index contributed by atoms with van der Waals surface area (Å²) in [4.78, 5) is 29.1. The third-order valence-corrected chi connectivity index (χ3v) is 3.91. The number of H-pyrrole nitrogens is 1. The summed E-state index contributed by atoms with van der Waals surface area (Å²) in [5, 5.41) is 21.2. The number of rotatable bonds is 3. The summed E-state index contributed by atoms with van der Waals surface area (Å²) in [6, 6.07) is 8.45. The lowest BCUT2D eigenvalue weighted by Gasteiger charge is -2.03. The molecule has 0 aliphatic carbocycles. The number of aromatic amines is 1. The SMILES string of the molecule is O=c1[nH]c(/C(Cl)=C/c2ccc(O)c([N+](=O)[O-])c2)nc2cc(Cl)ccc12. The Morgan fingerprint density at radius 2 is 2.04 bits per heavy atom. The summed E-state index contributed by atoms with van der Waals surface area (Å²) in [6.07, 6.45) is 1.39. The second-order valence-corrected chi connectivity index (χ2v) is 5.92. The highest BCUT2D eigenvalue weighted by Crippen LogP contribution is 2.29. The Labute approximate surface area is 150 Å². The monoisotopic (exact) mass is 377 g/mol. The van der Waals surface area contributed by atoms with Crippen LogP contribution in [-0.4, -0.2) is 20.0 Å². The lowest BCUT2D eigenvalue weighted by Crippen LogP contribution is -2.10. The quantitative estimate of drug-likeness (QED) is 0.530. The van der Waals surface area contributed by atoms with Gasteiger partial charge < -0.3 is 10.1 Å². The molecule has 0 unspecified atom stereocenters. The molecule has 25 heavy (non-hydrogen) atoms. The Hall–Kier alpha value is -2.90. The minimum Gasteiger partial charge on any atom is -0.502 e. The van der Waals surface area contributed by atoms with Gasteiger partial charge in [-0.25, -0.2) is 4.98 Å². The Morgan fingerprint density at radius 1 is 1.28 bits per heavy atom. The topological polar surface area (TPSA) is 109 Å². The van der Waals surface area contributed by atoms with Crippen molar-refractivity contribution in [1.82, 2.24) is 9.97 Å². The molecule has 0 radical (unpaired) electrons. The summed E-state index contributed by atoms with van der Waals surface area (Å²) in [7, 11) is 0. The number of benzene rings is 2. The van der Waals surface area contributed by atoms with Crippen molar-refractivity contribution in [3.63, 3.8) is 0 Å². The maximum absolute atomic E-state index is 12.1. The van der Waals surface area contributed by atoms with Crippen LogP contribution in [0, 0.1) is 10.1 Å². The number of phenols is 1. The largest absolute Gasteiger partial charge is 0.502 e. The number of nitro groups is 1. The first-order chi connectivity index (χ1) is 11.8. The number of hydrogen-bond donors (Lipinski definition) is 2. The molecule has 1 heterocycles. The van der Waals surface area contributed by atoms with E-state index in [2.05, 4.69) is 9.97 Å². The van der Waals surface area contributed by atoms with Crippen LogP contribution in [0.4, 0.5) is 5.69 Å². The van der Waals surface area contributed by atoms with Gasteiger partial charge in [0.1, 0.15) is 0 Å². The van der Waals surface area contributed by atoms with Crippen LogP contribution in [0.15, 0.2) is 41.2 Å². The van der Waals surface area contributed by atoms with Crippen molar-refractivity contribution in [2.24, 2.45) is 0 Å². The minimum absolute atomic E-state index is 0.0685. The Bertz CT molecular complexity index is 1090. The van der Waals surface area contributed by atoms with Gasteiger partial charge >= 0.3 is 5.69 Å². The summed E-state index contributed by atoms with van der Waals surface area (Å²) in [5.41, 5.74) is -0.109. The number of nitrogens with one attached hydrogen (secondary N) is 1. The maximum Gasteiger partial charge on any atom is 0.311 e. The zero-order valence-corrected chi connectivity index (χ0v) is 13.9. The highest BCUT2D eigenvalue weighted by molar-refractivity contribution is 6.50. The molecular formula is C16H9Cl2N3O4. The van der Waals surface area contributed by atoms with Gasteiger partial charge in [0.25, 0.3) is 5.56 Å². The molecule has 0 aliphatic rings. The van der Waals surface area contributed by atoms with Crippen molar-refractivity contribution in [3.05, 3.63) is 73.3 Å². The summed E-state index contributed by atoms with van der Waals surface area (Å²) in [5.74, 6) is -0.359. The van der Waals surface area contributed by atoms with Crippen LogP contribution >= 0.6 is 23.2 Å². The highest BCUT2D eigenvalue weighted by atomic mass is 35.5. The molecule has 3 aromatic rings. The lowest BCUT2D eigenvalue weighted by atomic mass is 10.1. The minimum atomic E-state index is -0.710. The second-order valence-electron chi connectivity index (χ2n) is 5.07. The summed E-state index contributed by atoms with van der Waals surface area (Å²) in [6.45, 7) is 0. The zero-order valence-electron chi connectivity index (χ0n) is 12.4. The van der Waals surface area contributed by atoms with Crippen molar-refractivity contribution >= 4 is 50.9 Å². The van der Waals surface area contributed by atoms with Gasteiger partial charge in [0, 0.05) is 11.1 Å². The standard InChI is InChI=1S/C16H9Cl2N3O4/c17-9-2-3-10-12(7-9)19-15(20-16(10)23)11(18)5-8-1-4-14(22)13(6-8)21(24)25/h1-7,22H,(H,19,20,23)/b11-5-. The van der Waals surface area contributed by atoms with Gasteiger partial charge in [0.2, 0.25) is 0 Å². The number of nitrogens with zero attached hydrogens (tertiary/aromatic N) is 2. The van der Waals surface area contributed by atoms with Crippen LogP contribution in [0.1, 0.15) is 11.4 Å². The third-order valence-electron chi connectivity index (χ3n) is 3.38. The fraction of sp³-hybridized carbons (Fsp3) is 0. The van der Waals surface area contributed by atoms with E-state index in [4.69, 9.17) is 23.2 Å². The van der Waals surface area contributed by atoms with E-state index in [1.165, 1.54) is 24.3 Å². The summed E-state index contributed by atoms with van der Waals surface area (Å²) < 4.78 is 0. The fourth-order valence-electron chi connectivity index (χ4n) is 2.22. The molecule has 9 heteroatoms. The first-order valence-electron chi connectivity index (χ1n) is 6.90. The molecule has 1 aromatic heterocycles. The molecule has 2 aromatic carbocycles. The van der Waals surface area contributed by atoms with Crippen LogP contribution in [-0.2, 0) is 0 Å². The van der Waals surface area contributed by atoms with Crippen molar-refractivity contribution in [2.45, 2.75) is 0 Å². The molecule has 0 spiro atoms. The van der Waals surface area contributed by atoms with E-state index in [0.717, 1.165) is 6.07 Å². The highest BCUT2D eigenvalue weighted by Gasteiger charge is 2.14. The van der Waals surface area contributed by atoms with E-state index < -0.39 is 16.4 Å². The van der Waals surface area contributed by atoms with Crippen LogP contribution in [0.25, 0.3) is 22.0 Å². The van der Waals surface area contributed by atoms with Gasteiger partial charge in [-0.15, -0.1) is 0 Å². The first-order valence-corrected chi connectivity index (χ1v) is 7.65. The Morgan fingerprint density at radius 3 is 2.76 bits per heavy atom. The van der Waals surface area contributed by atoms with E-state index >= 15 is 0 Å². The van der Waals surface area contributed by atoms with Gasteiger partial charge in [-0.2, -0.15) is 0 Å². The van der Waals surface area contributed by atoms with Crippen molar-refractivity contribution in [2.75, 3.05) is 0 Å². The molecule has 126 valence electrons. The molecule has 0 fully saturated rings. The first kappa shape index (κ1) is 16.9. The van der Waals surface area contributed by atoms with Crippen molar-refractivity contribution in [1.29, 1.82) is 0 Å². The second kappa shape index (κ2) is 6.54. The normalized spacial score (nSPS) is 11.7. The number of nitro benzene ring substituents is 1. The lowest BCUT2D eigenvalue weighted by molar-refractivity contribution is -0.385. The van der Waals surface area contributed by atoms with Gasteiger partial charge in [-0.05, 0) is 35.9 Å². The van der Waals surface area contributed by atoms with E-state index in [1.807, 2.05) is 0 Å². The zero-order chi connectivity index (χ0) is 18.1. The van der Waals surface area contributed by atoms with Gasteiger partial charge in [-0.3, -0.25) is 14.9 Å². The summed E-state index contributed by atoms with van der Waals surface area (Å²) >= 11 is 12.1. The smallest absolute Gasteiger partial charge is 0.311 e. The molecule has 0 aliphatic heterocycles. The fourth-order valence-corrected chi connectivity index (χ4v) is 2.60. The average Bonchev–Trinajstić information content (AvgIpc) is 2.55. The molecule has 2 N–H and O–H groups in total. The van der Waals surface area contributed by atoms with E-state index in [-0.39, 0.29) is 16.4 Å². The van der Waals surface area contributed by atoms with E-state index in [0.29, 0.717) is 21.5 Å². The molecule has 0 amide bonds. The molecule has 3 rings (SSSR count). The van der Waals surface area contributed by atoms with E-state index in [9.17, 15) is 20.0 Å². The predicted molar refractivity (Wildman–Crippen MR) is 95.9 cm³/mol. The van der Waals surface area contributed by atoms with Crippen LogP contribution < -0.4 is 5.56 Å². The van der Waals surface area contributed by atoms with Gasteiger partial charge in [0.15, 0.2) is 11.6 Å². The number of phenolic OH excluding ortho intramolecular Hbond substituents is 1. The number of halogens is 2. The van der Waals surface area contributed by atoms with Gasteiger partial charge in [-0.1, -0.05) is 29.3 Å². The molecule has 7 nitrogen and oxygen atoms in total. The molecule has 0 saturated heterocycles. The molecule has 0 bridgehead atoms. The van der Waals surface area contributed by atoms with Crippen molar-refractivity contribution < 1.29 is 10.0 Å². The number of aromatic nitrogens is 2. The number of hydrogen-bond acceptors (Lipinski definition) is 5. The number of fused-ring (bicyclic) bond motifs is 1. The Kier molecular flexibility index (Phi) is 4.43. The molecular weight excluding hydrogens is 369 g/mol. The van der Waals surface area contributed by atoms with Gasteiger partial charge in [0.05, 0.1) is 20.9 Å². The van der Waals surface area contributed by atoms with Crippen LogP contribution in [0.5, 0.6) is 5.75 Å². The van der Waals surface area contributed by atoms with E-state index in [1.54, 1.807) is 12.1 Å². The third kappa shape index (κ3) is 3.47. The predicted octanol–water partition coefficient (Wildman–Crippen LogP) is 3.93. The van der Waals surface area contributed by atoms with Crippen LogP contribution in [0.3, 0.4) is 0 Å². The molecule has 0 saturated carbocycles. The van der Waals surface area contributed by atoms with Crippen LogP contribution in [0.2, 0.25) is 5.02 Å². The van der Waals surface area contributed by atoms with Crippen molar-refractivity contribution in [3.8, 4) is 5.75 Å².